The van der Waals surface area contributed by atoms with E-state index in [2.05, 4.69) is 23.9 Å². The highest BCUT2D eigenvalue weighted by Crippen LogP contribution is 2.07. The van der Waals surface area contributed by atoms with Crippen molar-refractivity contribution in [3.63, 3.8) is 0 Å². The number of amidine groups is 1. The van der Waals surface area contributed by atoms with Gasteiger partial charge in [-0.2, -0.15) is 0 Å². The topological polar surface area (TPSA) is 15.6 Å². The van der Waals surface area contributed by atoms with Crippen molar-refractivity contribution >= 4 is 5.84 Å². The molecule has 0 aliphatic carbocycles. The van der Waals surface area contributed by atoms with Gasteiger partial charge in [0.05, 0.1) is 12.4 Å². The van der Waals surface area contributed by atoms with Crippen LogP contribution in [0.1, 0.15) is 32.6 Å². The fraction of sp³-hybridized carbons (Fsp3) is 0.889. The van der Waals surface area contributed by atoms with Gasteiger partial charge in [-0.3, -0.25) is 4.99 Å². The molecular formula is C9H18N2. The summed E-state index contributed by atoms with van der Waals surface area (Å²) in [5, 5.41) is 0. The standard InChI is InChI=1S/C9H18N2/c1-3-4-5-6-9-10-7-8-11(9)2/h3-8H2,1-2H3. The summed E-state index contributed by atoms with van der Waals surface area (Å²) in [7, 11) is 2.14. The Bertz CT molecular complexity index is 140. The molecule has 0 unspecified atom stereocenters. The highest BCUT2D eigenvalue weighted by atomic mass is 15.2. The molecule has 11 heavy (non-hydrogen) atoms. The first-order valence-corrected chi connectivity index (χ1v) is 4.59. The fourth-order valence-electron chi connectivity index (χ4n) is 1.38. The van der Waals surface area contributed by atoms with Crippen LogP contribution in [0.5, 0.6) is 0 Å². The zero-order valence-electron chi connectivity index (χ0n) is 7.64. The Kier molecular flexibility index (Phi) is 3.40. The lowest BCUT2D eigenvalue weighted by molar-refractivity contribution is 0.539. The average Bonchev–Trinajstić information content (AvgIpc) is 2.37. The van der Waals surface area contributed by atoms with Gasteiger partial charge in [0.1, 0.15) is 0 Å². The average molecular weight is 154 g/mol. The molecule has 0 fully saturated rings. The van der Waals surface area contributed by atoms with Crippen molar-refractivity contribution in [1.29, 1.82) is 0 Å². The van der Waals surface area contributed by atoms with Crippen LogP contribution in [-0.4, -0.2) is 30.9 Å². The van der Waals surface area contributed by atoms with E-state index in [0.29, 0.717) is 0 Å². The number of hydrogen-bond donors (Lipinski definition) is 0. The first-order chi connectivity index (χ1) is 5.34. The van der Waals surface area contributed by atoms with Crippen LogP contribution in [0.4, 0.5) is 0 Å². The maximum absolute atomic E-state index is 4.43. The first-order valence-electron chi connectivity index (χ1n) is 4.59. The number of hydrogen-bond acceptors (Lipinski definition) is 2. The van der Waals surface area contributed by atoms with Crippen molar-refractivity contribution in [1.82, 2.24) is 4.90 Å². The summed E-state index contributed by atoms with van der Waals surface area (Å²) in [5.41, 5.74) is 0. The monoisotopic (exact) mass is 154 g/mol. The summed E-state index contributed by atoms with van der Waals surface area (Å²) in [4.78, 5) is 6.70. The SMILES string of the molecule is CCCCCC1=NCCN1C. The molecule has 1 rings (SSSR count). The fourth-order valence-corrected chi connectivity index (χ4v) is 1.38. The normalized spacial score (nSPS) is 17.3. The Balaban J connectivity index is 2.15. The van der Waals surface area contributed by atoms with Crippen LogP contribution in [0.15, 0.2) is 4.99 Å². The highest BCUT2D eigenvalue weighted by molar-refractivity contribution is 5.83. The molecule has 0 aromatic heterocycles. The van der Waals surface area contributed by atoms with Gasteiger partial charge < -0.3 is 4.90 Å². The van der Waals surface area contributed by atoms with E-state index in [1.165, 1.54) is 31.5 Å². The molecule has 64 valence electrons. The second-order valence-corrected chi connectivity index (χ2v) is 3.18. The number of unbranched alkanes of at least 4 members (excludes halogenated alkanes) is 2. The van der Waals surface area contributed by atoms with Gasteiger partial charge in [-0.1, -0.05) is 19.8 Å². The van der Waals surface area contributed by atoms with Crippen LogP contribution in [-0.2, 0) is 0 Å². The molecule has 0 atom stereocenters. The van der Waals surface area contributed by atoms with Gasteiger partial charge in [0.15, 0.2) is 0 Å². The largest absolute Gasteiger partial charge is 0.362 e. The summed E-state index contributed by atoms with van der Waals surface area (Å²) in [6.45, 7) is 4.37. The van der Waals surface area contributed by atoms with Crippen LogP contribution < -0.4 is 0 Å². The predicted octanol–water partition coefficient (Wildman–Crippen LogP) is 1.91. The van der Waals surface area contributed by atoms with Gasteiger partial charge in [-0.15, -0.1) is 0 Å². The number of likely N-dealkylation sites (N-methyl/N-ethyl adjacent to an activating group) is 1. The molecule has 1 heterocycles. The lowest BCUT2D eigenvalue weighted by Crippen LogP contribution is -2.22. The minimum atomic E-state index is 1.01. The molecule has 0 aromatic carbocycles. The van der Waals surface area contributed by atoms with E-state index < -0.39 is 0 Å². The molecule has 0 spiro atoms. The Hall–Kier alpha value is -0.530. The van der Waals surface area contributed by atoms with Crippen molar-refractivity contribution in [3.8, 4) is 0 Å². The van der Waals surface area contributed by atoms with Crippen LogP contribution in [0.2, 0.25) is 0 Å². The van der Waals surface area contributed by atoms with Crippen molar-refractivity contribution in [2.75, 3.05) is 20.1 Å². The van der Waals surface area contributed by atoms with Crippen molar-refractivity contribution in [2.45, 2.75) is 32.6 Å². The van der Waals surface area contributed by atoms with Gasteiger partial charge in [0.25, 0.3) is 0 Å². The Morgan fingerprint density at radius 3 is 2.82 bits per heavy atom. The van der Waals surface area contributed by atoms with Crippen molar-refractivity contribution < 1.29 is 0 Å². The molecule has 1 aliphatic heterocycles. The summed E-state index contributed by atoms with van der Waals surface area (Å²) in [6.07, 6.45) is 5.13. The van der Waals surface area contributed by atoms with Gasteiger partial charge >= 0.3 is 0 Å². The molecule has 0 amide bonds. The Labute approximate surface area is 69.3 Å². The summed E-state index contributed by atoms with van der Waals surface area (Å²) < 4.78 is 0. The van der Waals surface area contributed by atoms with E-state index in [0.717, 1.165) is 13.1 Å². The molecule has 0 saturated heterocycles. The van der Waals surface area contributed by atoms with E-state index in [9.17, 15) is 0 Å². The molecule has 0 N–H and O–H groups in total. The molecule has 0 aromatic rings. The van der Waals surface area contributed by atoms with E-state index in [1.54, 1.807) is 0 Å². The number of aliphatic imine (C=N–C) groups is 1. The molecule has 2 nitrogen and oxygen atoms in total. The van der Waals surface area contributed by atoms with E-state index in [-0.39, 0.29) is 0 Å². The van der Waals surface area contributed by atoms with Gasteiger partial charge in [-0.05, 0) is 6.42 Å². The zero-order chi connectivity index (χ0) is 8.10. The molecule has 2 heteroatoms. The minimum absolute atomic E-state index is 1.01. The molecule has 0 bridgehead atoms. The Morgan fingerprint density at radius 1 is 1.45 bits per heavy atom. The van der Waals surface area contributed by atoms with Gasteiger partial charge in [0, 0.05) is 20.0 Å². The number of rotatable bonds is 4. The van der Waals surface area contributed by atoms with Crippen molar-refractivity contribution in [2.24, 2.45) is 4.99 Å². The van der Waals surface area contributed by atoms with Crippen LogP contribution in [0, 0.1) is 0 Å². The molecule has 1 aliphatic rings. The first kappa shape index (κ1) is 8.57. The van der Waals surface area contributed by atoms with E-state index in [4.69, 9.17) is 0 Å². The van der Waals surface area contributed by atoms with Crippen LogP contribution in [0.3, 0.4) is 0 Å². The third kappa shape index (κ3) is 2.52. The summed E-state index contributed by atoms with van der Waals surface area (Å²) >= 11 is 0. The third-order valence-electron chi connectivity index (χ3n) is 2.17. The quantitative estimate of drug-likeness (QED) is 0.565. The maximum atomic E-state index is 4.43. The molecule has 0 saturated carbocycles. The van der Waals surface area contributed by atoms with Gasteiger partial charge in [-0.25, -0.2) is 0 Å². The Morgan fingerprint density at radius 2 is 2.27 bits per heavy atom. The maximum Gasteiger partial charge on any atom is 0.0987 e. The predicted molar refractivity (Wildman–Crippen MR) is 49.1 cm³/mol. The lowest BCUT2D eigenvalue weighted by atomic mass is 10.2. The smallest absolute Gasteiger partial charge is 0.0987 e. The molecule has 0 radical (unpaired) electrons. The summed E-state index contributed by atoms with van der Waals surface area (Å²) in [6, 6.07) is 0. The zero-order valence-corrected chi connectivity index (χ0v) is 7.64. The highest BCUT2D eigenvalue weighted by Gasteiger charge is 2.10. The van der Waals surface area contributed by atoms with E-state index >= 15 is 0 Å². The minimum Gasteiger partial charge on any atom is -0.362 e. The molecular weight excluding hydrogens is 136 g/mol. The summed E-state index contributed by atoms with van der Waals surface area (Å²) in [5.74, 6) is 1.32. The second-order valence-electron chi connectivity index (χ2n) is 3.18. The third-order valence-corrected chi connectivity index (χ3v) is 2.17. The van der Waals surface area contributed by atoms with Crippen molar-refractivity contribution in [3.05, 3.63) is 0 Å². The van der Waals surface area contributed by atoms with Gasteiger partial charge in [0.2, 0.25) is 0 Å². The second kappa shape index (κ2) is 4.37. The van der Waals surface area contributed by atoms with Crippen LogP contribution >= 0.6 is 0 Å². The van der Waals surface area contributed by atoms with E-state index in [1.807, 2.05) is 0 Å². The van der Waals surface area contributed by atoms with Crippen LogP contribution in [0.25, 0.3) is 0 Å². The number of nitrogens with zero attached hydrogens (tertiary/aromatic N) is 2. The lowest BCUT2D eigenvalue weighted by Gasteiger charge is -2.12.